The molecule has 1 N–H and O–H groups in total. The smallest absolute Gasteiger partial charge is 0.281 e. The van der Waals surface area contributed by atoms with Gasteiger partial charge in [-0.3, -0.25) is 29.5 Å². The number of hydrogen-bond acceptors (Lipinski definition) is 6. The van der Waals surface area contributed by atoms with Gasteiger partial charge in [0.15, 0.2) is 11.5 Å². The van der Waals surface area contributed by atoms with Gasteiger partial charge in [-0.05, 0) is 42.5 Å². The Balaban J connectivity index is 1.40. The molecule has 0 spiro atoms. The summed E-state index contributed by atoms with van der Waals surface area (Å²) in [6, 6.07) is 8.02. The first kappa shape index (κ1) is 17.8. The number of aromatic nitrogens is 3. The van der Waals surface area contributed by atoms with Crippen molar-refractivity contribution in [3.8, 4) is 0 Å². The highest BCUT2D eigenvalue weighted by molar-refractivity contribution is 6.21. The molecule has 3 aliphatic rings. The number of anilines is 1. The van der Waals surface area contributed by atoms with Crippen LogP contribution in [-0.2, 0) is 11.3 Å². The van der Waals surface area contributed by atoms with Crippen molar-refractivity contribution in [3.63, 3.8) is 0 Å². The fourth-order valence-corrected chi connectivity index (χ4v) is 4.10. The molecule has 0 atom stereocenters. The van der Waals surface area contributed by atoms with Crippen LogP contribution in [-0.4, -0.2) is 49.8 Å². The molecule has 3 aromatic rings. The van der Waals surface area contributed by atoms with Gasteiger partial charge < -0.3 is 0 Å². The average Bonchev–Trinajstić information content (AvgIpc) is 3.39. The van der Waals surface area contributed by atoms with Crippen molar-refractivity contribution >= 4 is 35.1 Å². The maximum absolute atomic E-state index is 12.7. The third kappa shape index (κ3) is 2.71. The van der Waals surface area contributed by atoms with Crippen LogP contribution in [0.4, 0.5) is 10.5 Å². The Hall–Kier alpha value is -4.08. The lowest BCUT2D eigenvalue weighted by molar-refractivity contribution is -0.117. The monoisotopic (exact) mass is 416 g/mol. The zero-order chi connectivity index (χ0) is 21.3. The van der Waals surface area contributed by atoms with Crippen LogP contribution in [0, 0.1) is 0 Å². The highest BCUT2D eigenvalue weighted by atomic mass is 16.2. The van der Waals surface area contributed by atoms with Crippen LogP contribution in [0.3, 0.4) is 0 Å². The van der Waals surface area contributed by atoms with Crippen molar-refractivity contribution in [2.24, 2.45) is 0 Å². The van der Waals surface area contributed by atoms with Crippen molar-refractivity contribution in [1.82, 2.24) is 24.8 Å². The number of nitrogens with zero attached hydrogens (tertiary/aromatic N) is 5. The van der Waals surface area contributed by atoms with E-state index in [4.69, 9.17) is 0 Å². The summed E-state index contributed by atoms with van der Waals surface area (Å²) >= 11 is 0. The maximum Gasteiger partial charge on any atom is 0.329 e. The van der Waals surface area contributed by atoms with E-state index in [0.29, 0.717) is 28.4 Å². The zero-order valence-corrected chi connectivity index (χ0v) is 16.2. The summed E-state index contributed by atoms with van der Waals surface area (Å²) in [7, 11) is 0. The Labute approximate surface area is 175 Å². The molecular formula is C21H16N6O4. The summed E-state index contributed by atoms with van der Waals surface area (Å²) in [6.45, 7) is -0.180. The van der Waals surface area contributed by atoms with Gasteiger partial charge in [-0.2, -0.15) is 0 Å². The topological polar surface area (TPSA) is 117 Å². The summed E-state index contributed by atoms with van der Waals surface area (Å²) in [4.78, 5) is 56.3. The van der Waals surface area contributed by atoms with Gasteiger partial charge in [0, 0.05) is 6.20 Å². The summed E-state index contributed by atoms with van der Waals surface area (Å²) in [5, 5.41) is 6.75. The van der Waals surface area contributed by atoms with E-state index in [9.17, 15) is 19.2 Å². The number of nitrogens with one attached hydrogen (secondary N) is 1. The third-order valence-corrected chi connectivity index (χ3v) is 5.79. The predicted octanol–water partition coefficient (Wildman–Crippen LogP) is 1.46. The quantitative estimate of drug-likeness (QED) is 0.508. The molecule has 0 unspecified atom stereocenters. The van der Waals surface area contributed by atoms with E-state index in [1.807, 2.05) is 12.3 Å². The summed E-state index contributed by atoms with van der Waals surface area (Å²) < 4.78 is 1.56. The number of fused-ring (bicyclic) bond motifs is 2. The molecule has 4 heterocycles. The van der Waals surface area contributed by atoms with Crippen LogP contribution in [0.2, 0.25) is 0 Å². The molecule has 1 aromatic carbocycles. The first-order chi connectivity index (χ1) is 15.0. The van der Waals surface area contributed by atoms with Gasteiger partial charge in [0.05, 0.1) is 23.4 Å². The molecule has 0 bridgehead atoms. The third-order valence-electron chi connectivity index (χ3n) is 5.79. The second-order valence-electron chi connectivity index (χ2n) is 7.91. The second kappa shape index (κ2) is 6.21. The van der Waals surface area contributed by atoms with Gasteiger partial charge in [0.1, 0.15) is 6.54 Å². The Morgan fingerprint density at radius 3 is 2.35 bits per heavy atom. The van der Waals surface area contributed by atoms with Crippen molar-refractivity contribution in [2.45, 2.75) is 25.3 Å². The van der Waals surface area contributed by atoms with E-state index >= 15 is 0 Å². The average molecular weight is 416 g/mol. The molecule has 2 fully saturated rings. The van der Waals surface area contributed by atoms with E-state index in [1.54, 1.807) is 28.8 Å². The van der Waals surface area contributed by atoms with Gasteiger partial charge >= 0.3 is 6.03 Å². The minimum atomic E-state index is -0.509. The van der Waals surface area contributed by atoms with Crippen molar-refractivity contribution in [3.05, 3.63) is 59.0 Å². The van der Waals surface area contributed by atoms with E-state index in [1.165, 1.54) is 4.90 Å². The van der Waals surface area contributed by atoms with E-state index in [2.05, 4.69) is 15.4 Å². The van der Waals surface area contributed by atoms with E-state index in [0.717, 1.165) is 23.3 Å². The fraction of sp³-hybridized carbons (Fsp3) is 0.238. The zero-order valence-electron chi connectivity index (χ0n) is 16.2. The van der Waals surface area contributed by atoms with Gasteiger partial charge in [-0.1, -0.05) is 12.1 Å². The first-order valence-corrected chi connectivity index (χ1v) is 9.95. The lowest BCUT2D eigenvalue weighted by Crippen LogP contribution is -2.29. The van der Waals surface area contributed by atoms with Gasteiger partial charge in [0.2, 0.25) is 5.91 Å². The van der Waals surface area contributed by atoms with Crippen molar-refractivity contribution < 1.29 is 19.2 Å². The molecule has 154 valence electrons. The SMILES string of the molecule is O=C1CN(c2cc(C3CC3)cn3nc(CN4C(=O)c5ccccc5C4=O)nc23)C(=O)N1. The lowest BCUT2D eigenvalue weighted by Gasteiger charge is -2.15. The molecule has 6 rings (SSSR count). The highest BCUT2D eigenvalue weighted by Crippen LogP contribution is 2.41. The van der Waals surface area contributed by atoms with Crippen LogP contribution in [0.15, 0.2) is 36.5 Å². The van der Waals surface area contributed by atoms with Crippen LogP contribution < -0.4 is 10.2 Å². The van der Waals surface area contributed by atoms with E-state index < -0.39 is 6.03 Å². The Morgan fingerprint density at radius 2 is 1.74 bits per heavy atom. The molecule has 1 saturated carbocycles. The fourth-order valence-electron chi connectivity index (χ4n) is 4.10. The van der Waals surface area contributed by atoms with Gasteiger partial charge in [0.25, 0.3) is 11.8 Å². The standard InChI is InChI=1S/C21H16N6O4/c28-17-10-25(21(31)23-17)15-7-12(11-5-6-11)8-27-18(15)22-16(24-27)9-26-19(29)13-3-1-2-4-14(13)20(26)30/h1-4,7-8,11H,5-6,9-10H2,(H,23,28,31). The number of benzene rings is 1. The Morgan fingerprint density at radius 1 is 1.03 bits per heavy atom. The molecule has 1 aliphatic carbocycles. The number of amides is 5. The van der Waals surface area contributed by atoms with Crippen LogP contribution in [0.1, 0.15) is 50.9 Å². The number of urea groups is 1. The largest absolute Gasteiger partial charge is 0.329 e. The predicted molar refractivity (Wildman–Crippen MR) is 106 cm³/mol. The molecule has 10 heteroatoms. The molecule has 2 aliphatic heterocycles. The van der Waals surface area contributed by atoms with Crippen molar-refractivity contribution in [1.29, 1.82) is 0 Å². The molecule has 0 radical (unpaired) electrons. The van der Waals surface area contributed by atoms with Crippen LogP contribution in [0.5, 0.6) is 0 Å². The molecule has 5 amide bonds. The summed E-state index contributed by atoms with van der Waals surface area (Å²) in [6.07, 6.45) is 3.95. The first-order valence-electron chi connectivity index (χ1n) is 9.95. The summed E-state index contributed by atoms with van der Waals surface area (Å²) in [5.74, 6) is -0.500. The van der Waals surface area contributed by atoms with E-state index in [-0.39, 0.29) is 36.6 Å². The Bertz CT molecular complexity index is 1290. The number of carbonyl (C=O) groups excluding carboxylic acids is 4. The lowest BCUT2D eigenvalue weighted by atomic mass is 10.1. The minimum absolute atomic E-state index is 0.0860. The molecule has 31 heavy (non-hydrogen) atoms. The molecular weight excluding hydrogens is 400 g/mol. The summed E-state index contributed by atoms with van der Waals surface area (Å²) in [5.41, 5.74) is 2.60. The number of rotatable bonds is 4. The molecule has 1 saturated heterocycles. The van der Waals surface area contributed by atoms with Crippen LogP contribution >= 0.6 is 0 Å². The minimum Gasteiger partial charge on any atom is -0.281 e. The number of imide groups is 2. The number of carbonyl (C=O) groups is 4. The van der Waals surface area contributed by atoms with Gasteiger partial charge in [-0.15, -0.1) is 5.10 Å². The second-order valence-corrected chi connectivity index (χ2v) is 7.91. The highest BCUT2D eigenvalue weighted by Gasteiger charge is 2.37. The van der Waals surface area contributed by atoms with Crippen molar-refractivity contribution in [2.75, 3.05) is 11.4 Å². The molecule has 2 aromatic heterocycles. The van der Waals surface area contributed by atoms with Gasteiger partial charge in [-0.25, -0.2) is 14.3 Å². The Kier molecular flexibility index (Phi) is 3.55. The maximum atomic E-state index is 12.7. The molecule has 10 nitrogen and oxygen atoms in total. The normalized spacial score (nSPS) is 18.3. The van der Waals surface area contributed by atoms with Crippen LogP contribution in [0.25, 0.3) is 5.65 Å². The number of pyridine rings is 1. The number of hydrogen-bond donors (Lipinski definition) is 1.